The molecule has 0 bridgehead atoms. The summed E-state index contributed by atoms with van der Waals surface area (Å²) in [6.45, 7) is 3.36. The Kier molecular flexibility index (Phi) is 4.60. The van der Waals surface area contributed by atoms with Crippen molar-refractivity contribution in [1.82, 2.24) is 4.90 Å². The highest BCUT2D eigenvalue weighted by Gasteiger charge is 2.26. The molecule has 0 aromatic heterocycles. The largest absolute Gasteiger partial charge is 0.377 e. The third-order valence-electron chi connectivity index (χ3n) is 2.99. The maximum atomic E-state index is 5.68. The summed E-state index contributed by atoms with van der Waals surface area (Å²) in [5.74, 6) is 2.56. The quantitative estimate of drug-likeness (QED) is 0.733. The van der Waals surface area contributed by atoms with Crippen molar-refractivity contribution in [3.63, 3.8) is 0 Å². The van der Waals surface area contributed by atoms with Crippen LogP contribution in [0.1, 0.15) is 12.8 Å². The highest BCUT2D eigenvalue weighted by molar-refractivity contribution is 9.09. The summed E-state index contributed by atoms with van der Waals surface area (Å²) in [5, 5.41) is 1.10. The van der Waals surface area contributed by atoms with Gasteiger partial charge in [-0.25, -0.2) is 0 Å². The van der Waals surface area contributed by atoms with Crippen molar-refractivity contribution in [2.24, 2.45) is 0 Å². The Morgan fingerprint density at radius 1 is 1.50 bits per heavy atom. The molecule has 0 aromatic carbocycles. The van der Waals surface area contributed by atoms with E-state index in [-0.39, 0.29) is 0 Å². The summed E-state index contributed by atoms with van der Waals surface area (Å²) in [4.78, 5) is 2.60. The van der Waals surface area contributed by atoms with Crippen molar-refractivity contribution in [3.05, 3.63) is 0 Å². The fraction of sp³-hybridized carbons (Fsp3) is 1.00. The topological polar surface area (TPSA) is 12.5 Å². The van der Waals surface area contributed by atoms with Gasteiger partial charge in [0.15, 0.2) is 0 Å². The highest BCUT2D eigenvalue weighted by Crippen LogP contribution is 2.21. The van der Waals surface area contributed by atoms with Gasteiger partial charge in [-0.3, -0.25) is 4.90 Å². The van der Waals surface area contributed by atoms with E-state index in [2.05, 4.69) is 32.6 Å². The molecule has 4 heteroatoms. The molecule has 2 atom stereocenters. The number of hydrogen-bond donors (Lipinski definition) is 0. The molecule has 2 aliphatic rings. The molecule has 0 aromatic rings. The maximum Gasteiger partial charge on any atom is 0.0702 e. The molecule has 0 radical (unpaired) electrons. The molecule has 2 aliphatic heterocycles. The molecule has 2 heterocycles. The summed E-state index contributed by atoms with van der Waals surface area (Å²) in [6.07, 6.45) is 3.03. The van der Waals surface area contributed by atoms with Crippen LogP contribution in [0, 0.1) is 0 Å². The van der Waals surface area contributed by atoms with Crippen LogP contribution in [0.25, 0.3) is 0 Å². The Bertz CT molecular complexity index is 176. The molecular formula is C10H18BrNOS. The number of thioether (sulfide) groups is 1. The smallest absolute Gasteiger partial charge is 0.0702 e. The van der Waals surface area contributed by atoms with Gasteiger partial charge in [-0.2, -0.15) is 11.8 Å². The van der Waals surface area contributed by atoms with Gasteiger partial charge in [-0.05, 0) is 12.8 Å². The first kappa shape index (κ1) is 11.2. The minimum Gasteiger partial charge on any atom is -0.377 e. The van der Waals surface area contributed by atoms with E-state index in [1.165, 1.54) is 30.9 Å². The second-order valence-corrected chi connectivity index (χ2v) is 5.81. The summed E-state index contributed by atoms with van der Waals surface area (Å²) >= 11 is 5.68. The lowest BCUT2D eigenvalue weighted by molar-refractivity contribution is 0.0654. The number of rotatable bonds is 3. The second-order valence-electron chi connectivity index (χ2n) is 4.01. The summed E-state index contributed by atoms with van der Waals surface area (Å²) in [5.41, 5.74) is 0. The van der Waals surface area contributed by atoms with Gasteiger partial charge in [0.05, 0.1) is 6.10 Å². The van der Waals surface area contributed by atoms with E-state index in [0.29, 0.717) is 6.10 Å². The van der Waals surface area contributed by atoms with Crippen molar-refractivity contribution in [2.75, 3.05) is 36.5 Å². The Balaban J connectivity index is 1.81. The van der Waals surface area contributed by atoms with Crippen LogP contribution in [0.5, 0.6) is 0 Å². The van der Waals surface area contributed by atoms with Gasteiger partial charge >= 0.3 is 0 Å². The molecule has 0 saturated carbocycles. The van der Waals surface area contributed by atoms with E-state index in [0.717, 1.165) is 24.5 Å². The number of alkyl halides is 1. The van der Waals surface area contributed by atoms with Crippen LogP contribution < -0.4 is 0 Å². The van der Waals surface area contributed by atoms with Crippen molar-refractivity contribution >= 4 is 27.7 Å². The predicted octanol–water partition coefficient (Wildman–Crippen LogP) is 1.98. The lowest BCUT2D eigenvalue weighted by Gasteiger charge is -2.35. The molecule has 14 heavy (non-hydrogen) atoms. The Morgan fingerprint density at radius 2 is 2.43 bits per heavy atom. The van der Waals surface area contributed by atoms with E-state index in [9.17, 15) is 0 Å². The van der Waals surface area contributed by atoms with Crippen LogP contribution in [0.15, 0.2) is 0 Å². The van der Waals surface area contributed by atoms with Crippen molar-refractivity contribution in [3.8, 4) is 0 Å². The first-order valence-electron chi connectivity index (χ1n) is 5.39. The van der Waals surface area contributed by atoms with Gasteiger partial charge in [-0.1, -0.05) is 15.9 Å². The van der Waals surface area contributed by atoms with E-state index < -0.39 is 0 Å². The molecule has 2 unspecified atom stereocenters. The maximum absolute atomic E-state index is 5.68. The Morgan fingerprint density at radius 3 is 3.14 bits per heavy atom. The van der Waals surface area contributed by atoms with Crippen LogP contribution in [0.3, 0.4) is 0 Å². The average molecular weight is 280 g/mol. The lowest BCUT2D eigenvalue weighted by Crippen LogP contribution is -2.46. The van der Waals surface area contributed by atoms with Gasteiger partial charge in [-0.15, -0.1) is 0 Å². The highest BCUT2D eigenvalue weighted by atomic mass is 79.9. The van der Waals surface area contributed by atoms with Crippen molar-refractivity contribution < 1.29 is 4.74 Å². The molecular weight excluding hydrogens is 262 g/mol. The first-order chi connectivity index (χ1) is 6.90. The molecule has 82 valence electrons. The lowest BCUT2D eigenvalue weighted by atomic mass is 10.2. The number of hydrogen-bond acceptors (Lipinski definition) is 3. The number of nitrogens with zero attached hydrogens (tertiary/aromatic N) is 1. The molecule has 2 nitrogen and oxygen atoms in total. The Hall–Kier alpha value is 0.750. The monoisotopic (exact) mass is 279 g/mol. The molecule has 2 fully saturated rings. The van der Waals surface area contributed by atoms with Gasteiger partial charge in [0, 0.05) is 42.6 Å². The SMILES string of the molecule is BrCC1CSCCN1CC1CCCO1. The molecule has 0 amide bonds. The fourth-order valence-corrected chi connectivity index (χ4v) is 4.19. The standard InChI is InChI=1S/C10H18BrNOS/c11-6-9-8-14-5-3-12(9)7-10-2-1-4-13-10/h9-10H,1-8H2. The van der Waals surface area contributed by atoms with Crippen LogP contribution >= 0.6 is 27.7 Å². The number of ether oxygens (including phenoxy) is 1. The molecule has 0 aliphatic carbocycles. The van der Waals surface area contributed by atoms with Crippen LogP contribution in [0.2, 0.25) is 0 Å². The number of halogens is 1. The van der Waals surface area contributed by atoms with E-state index in [1.54, 1.807) is 0 Å². The van der Waals surface area contributed by atoms with Gasteiger partial charge in [0.1, 0.15) is 0 Å². The minimum atomic E-state index is 0.514. The third-order valence-corrected chi connectivity index (χ3v) is 4.83. The van der Waals surface area contributed by atoms with Crippen LogP contribution in [-0.4, -0.2) is 53.6 Å². The molecule has 2 saturated heterocycles. The van der Waals surface area contributed by atoms with Crippen LogP contribution in [-0.2, 0) is 4.74 Å². The van der Waals surface area contributed by atoms with Gasteiger partial charge < -0.3 is 4.74 Å². The first-order valence-corrected chi connectivity index (χ1v) is 7.67. The van der Waals surface area contributed by atoms with Crippen molar-refractivity contribution in [1.29, 1.82) is 0 Å². The van der Waals surface area contributed by atoms with Crippen molar-refractivity contribution in [2.45, 2.75) is 25.0 Å². The molecule has 0 N–H and O–H groups in total. The van der Waals surface area contributed by atoms with E-state index in [1.807, 2.05) is 0 Å². The van der Waals surface area contributed by atoms with E-state index in [4.69, 9.17) is 4.74 Å². The predicted molar refractivity (Wildman–Crippen MR) is 65.5 cm³/mol. The molecule has 2 rings (SSSR count). The Labute approximate surface area is 98.9 Å². The zero-order valence-electron chi connectivity index (χ0n) is 8.45. The zero-order valence-corrected chi connectivity index (χ0v) is 10.9. The minimum absolute atomic E-state index is 0.514. The van der Waals surface area contributed by atoms with E-state index >= 15 is 0 Å². The zero-order chi connectivity index (χ0) is 9.80. The molecule has 0 spiro atoms. The second kappa shape index (κ2) is 5.73. The third kappa shape index (κ3) is 2.87. The normalized spacial score (nSPS) is 34.9. The summed E-state index contributed by atoms with van der Waals surface area (Å²) < 4.78 is 5.68. The van der Waals surface area contributed by atoms with Crippen LogP contribution in [0.4, 0.5) is 0 Å². The summed E-state index contributed by atoms with van der Waals surface area (Å²) in [7, 11) is 0. The van der Waals surface area contributed by atoms with Gasteiger partial charge in [0.25, 0.3) is 0 Å². The fourth-order valence-electron chi connectivity index (χ4n) is 2.12. The average Bonchev–Trinajstić information content (AvgIpc) is 2.71. The van der Waals surface area contributed by atoms with Gasteiger partial charge in [0.2, 0.25) is 0 Å². The summed E-state index contributed by atoms with van der Waals surface area (Å²) in [6, 6.07) is 0.720.